The first-order valence-electron chi connectivity index (χ1n) is 3.94. The van der Waals surface area contributed by atoms with Crippen LogP contribution < -0.4 is 5.32 Å². The predicted molar refractivity (Wildman–Crippen MR) is 63.6 cm³/mol. The molecule has 0 radical (unpaired) electrons. The summed E-state index contributed by atoms with van der Waals surface area (Å²) in [5.41, 5.74) is 1.09. The van der Waals surface area contributed by atoms with Crippen molar-refractivity contribution in [2.24, 2.45) is 0 Å². The van der Waals surface area contributed by atoms with Crippen LogP contribution in [0.15, 0.2) is 24.3 Å². The Bertz CT molecular complexity index is 328. The first-order chi connectivity index (χ1) is 6.25. The molecule has 1 saturated heterocycles. The number of nitrogens with one attached hydrogen (secondary N) is 1. The summed E-state index contributed by atoms with van der Waals surface area (Å²) in [5.74, 6) is 0. The van der Waals surface area contributed by atoms with Crippen molar-refractivity contribution in [3.05, 3.63) is 33.4 Å². The summed E-state index contributed by atoms with van der Waals surface area (Å²) in [6.07, 6.45) is -0.330. The van der Waals surface area contributed by atoms with E-state index in [1.54, 1.807) is 0 Å². The first kappa shape index (κ1) is 11.6. The van der Waals surface area contributed by atoms with E-state index in [1.807, 2.05) is 24.3 Å². The van der Waals surface area contributed by atoms with Crippen LogP contribution in [0, 0.1) is 3.57 Å². The summed E-state index contributed by atoms with van der Waals surface area (Å²) in [5, 5.41) is 2.73. The van der Waals surface area contributed by atoms with Gasteiger partial charge in [-0.05, 0) is 40.3 Å². The van der Waals surface area contributed by atoms with E-state index in [2.05, 4.69) is 27.9 Å². The molecular weight excluding hydrogens is 316 g/mol. The SMILES string of the molecule is Cl.O=C1N[C@@H](c2ccc(I)cc2)CO1. The second kappa shape index (κ2) is 4.84. The lowest BCUT2D eigenvalue weighted by Gasteiger charge is -2.06. The molecule has 14 heavy (non-hydrogen) atoms. The highest BCUT2D eigenvalue weighted by Crippen LogP contribution is 2.18. The van der Waals surface area contributed by atoms with E-state index < -0.39 is 0 Å². The van der Waals surface area contributed by atoms with Gasteiger partial charge in [0, 0.05) is 3.57 Å². The molecule has 0 saturated carbocycles. The Morgan fingerprint density at radius 1 is 1.36 bits per heavy atom. The Morgan fingerprint density at radius 2 is 2.00 bits per heavy atom. The number of benzene rings is 1. The van der Waals surface area contributed by atoms with Crippen LogP contribution in [0.5, 0.6) is 0 Å². The third-order valence-corrected chi connectivity index (χ3v) is 2.66. The molecule has 0 spiro atoms. The van der Waals surface area contributed by atoms with Crippen LogP contribution in [-0.2, 0) is 4.74 Å². The van der Waals surface area contributed by atoms with Gasteiger partial charge in [-0.2, -0.15) is 0 Å². The molecule has 5 heteroatoms. The number of carbonyl (C=O) groups is 1. The first-order valence-corrected chi connectivity index (χ1v) is 5.02. The second-order valence-corrected chi connectivity index (χ2v) is 4.09. The molecule has 1 atom stereocenters. The zero-order valence-corrected chi connectivity index (χ0v) is 10.2. The quantitative estimate of drug-likeness (QED) is 0.806. The normalized spacial score (nSPS) is 19.5. The minimum absolute atomic E-state index is 0. The number of amides is 1. The van der Waals surface area contributed by atoms with E-state index in [4.69, 9.17) is 4.74 Å². The van der Waals surface area contributed by atoms with Crippen LogP contribution in [0.3, 0.4) is 0 Å². The molecule has 76 valence electrons. The number of hydrogen-bond donors (Lipinski definition) is 1. The molecule has 0 aromatic heterocycles. The van der Waals surface area contributed by atoms with Gasteiger partial charge < -0.3 is 10.1 Å². The number of ether oxygens (including phenoxy) is 1. The van der Waals surface area contributed by atoms with Crippen molar-refractivity contribution in [3.8, 4) is 0 Å². The summed E-state index contributed by atoms with van der Waals surface area (Å²) >= 11 is 2.25. The lowest BCUT2D eigenvalue weighted by molar-refractivity contribution is 0.177. The summed E-state index contributed by atoms with van der Waals surface area (Å²) in [6.45, 7) is 0.430. The van der Waals surface area contributed by atoms with Crippen LogP contribution in [-0.4, -0.2) is 12.7 Å². The van der Waals surface area contributed by atoms with Gasteiger partial charge in [-0.1, -0.05) is 12.1 Å². The Kier molecular flexibility index (Phi) is 4.00. The maximum atomic E-state index is 10.8. The van der Waals surface area contributed by atoms with Gasteiger partial charge in [0.05, 0.1) is 6.04 Å². The zero-order valence-electron chi connectivity index (χ0n) is 7.20. The number of hydrogen-bond acceptors (Lipinski definition) is 2. The highest BCUT2D eigenvalue weighted by atomic mass is 127. The Morgan fingerprint density at radius 3 is 2.50 bits per heavy atom. The monoisotopic (exact) mass is 325 g/mol. The third kappa shape index (κ3) is 2.51. The summed E-state index contributed by atoms with van der Waals surface area (Å²) in [6, 6.07) is 8.05. The van der Waals surface area contributed by atoms with Gasteiger partial charge in [0.2, 0.25) is 0 Å². The third-order valence-electron chi connectivity index (χ3n) is 1.95. The van der Waals surface area contributed by atoms with Gasteiger partial charge in [0.1, 0.15) is 6.61 Å². The molecule has 1 heterocycles. The van der Waals surface area contributed by atoms with Crippen LogP contribution in [0.1, 0.15) is 11.6 Å². The minimum atomic E-state index is -0.330. The van der Waals surface area contributed by atoms with Gasteiger partial charge in [-0.25, -0.2) is 4.79 Å². The largest absolute Gasteiger partial charge is 0.447 e. The number of alkyl carbamates (subject to hydrolysis) is 1. The van der Waals surface area contributed by atoms with Crippen molar-refractivity contribution < 1.29 is 9.53 Å². The van der Waals surface area contributed by atoms with Gasteiger partial charge >= 0.3 is 6.09 Å². The fourth-order valence-corrected chi connectivity index (χ4v) is 1.62. The second-order valence-electron chi connectivity index (χ2n) is 2.85. The number of cyclic esters (lactones) is 1. The van der Waals surface area contributed by atoms with Crippen LogP contribution >= 0.6 is 35.0 Å². The molecule has 1 aromatic carbocycles. The van der Waals surface area contributed by atoms with Crippen molar-refractivity contribution in [1.29, 1.82) is 0 Å². The summed E-state index contributed by atoms with van der Waals surface area (Å²) in [7, 11) is 0. The zero-order chi connectivity index (χ0) is 9.26. The molecule has 1 amide bonds. The van der Waals surface area contributed by atoms with Crippen molar-refractivity contribution in [1.82, 2.24) is 5.32 Å². The lowest BCUT2D eigenvalue weighted by Crippen LogP contribution is -2.18. The van der Waals surface area contributed by atoms with Crippen molar-refractivity contribution in [3.63, 3.8) is 0 Å². The highest BCUT2D eigenvalue weighted by molar-refractivity contribution is 14.1. The topological polar surface area (TPSA) is 38.3 Å². The molecule has 0 unspecified atom stereocenters. The van der Waals surface area contributed by atoms with Crippen LogP contribution in [0.2, 0.25) is 0 Å². The van der Waals surface area contributed by atoms with Crippen molar-refractivity contribution >= 4 is 41.1 Å². The van der Waals surface area contributed by atoms with Gasteiger partial charge in [0.25, 0.3) is 0 Å². The molecule has 0 aliphatic carbocycles. The maximum Gasteiger partial charge on any atom is 0.407 e. The standard InChI is InChI=1S/C9H8INO2.ClH/c10-7-3-1-6(2-4-7)8-5-13-9(12)11-8;/h1-4,8H,5H2,(H,11,12);1H/t8-;/m1./s1. The van der Waals surface area contributed by atoms with Crippen molar-refractivity contribution in [2.75, 3.05) is 6.61 Å². The Balaban J connectivity index is 0.000000980. The molecule has 1 aliphatic rings. The lowest BCUT2D eigenvalue weighted by atomic mass is 10.1. The Labute approximate surface area is 102 Å². The fraction of sp³-hybridized carbons (Fsp3) is 0.222. The highest BCUT2D eigenvalue weighted by Gasteiger charge is 2.23. The van der Waals surface area contributed by atoms with E-state index in [1.165, 1.54) is 3.57 Å². The van der Waals surface area contributed by atoms with E-state index in [0.717, 1.165) is 5.56 Å². The molecular formula is C9H9ClINO2. The maximum absolute atomic E-state index is 10.8. The van der Waals surface area contributed by atoms with Gasteiger partial charge in [-0.3, -0.25) is 0 Å². The van der Waals surface area contributed by atoms with E-state index in [0.29, 0.717) is 6.61 Å². The molecule has 2 rings (SSSR count). The van der Waals surface area contributed by atoms with E-state index >= 15 is 0 Å². The summed E-state index contributed by atoms with van der Waals surface area (Å²) < 4.78 is 5.98. The van der Waals surface area contributed by atoms with E-state index in [-0.39, 0.29) is 24.5 Å². The van der Waals surface area contributed by atoms with Crippen LogP contribution in [0.4, 0.5) is 4.79 Å². The van der Waals surface area contributed by atoms with Gasteiger partial charge in [-0.15, -0.1) is 12.4 Å². The molecule has 3 nitrogen and oxygen atoms in total. The fourth-order valence-electron chi connectivity index (χ4n) is 1.26. The smallest absolute Gasteiger partial charge is 0.407 e. The van der Waals surface area contributed by atoms with Crippen molar-refractivity contribution in [2.45, 2.75) is 6.04 Å². The molecule has 1 N–H and O–H groups in total. The van der Waals surface area contributed by atoms with Gasteiger partial charge in [0.15, 0.2) is 0 Å². The van der Waals surface area contributed by atoms with E-state index in [9.17, 15) is 4.79 Å². The molecule has 1 aliphatic heterocycles. The van der Waals surface area contributed by atoms with Crippen LogP contribution in [0.25, 0.3) is 0 Å². The minimum Gasteiger partial charge on any atom is -0.447 e. The average Bonchev–Trinajstić information content (AvgIpc) is 2.53. The number of rotatable bonds is 1. The summed E-state index contributed by atoms with van der Waals surface area (Å²) in [4.78, 5) is 10.8. The molecule has 1 fully saturated rings. The number of carbonyl (C=O) groups excluding carboxylic acids is 1. The molecule has 1 aromatic rings. The Hall–Kier alpha value is -0.490. The molecule has 0 bridgehead atoms. The number of halogens is 2. The predicted octanol–water partition coefficient (Wildman–Crippen LogP) is 2.49. The average molecular weight is 326 g/mol.